The van der Waals surface area contributed by atoms with E-state index in [1.54, 1.807) is 29.3 Å². The first kappa shape index (κ1) is 41.3. The molecule has 4 aliphatic rings. The van der Waals surface area contributed by atoms with Gasteiger partial charge in [-0.25, -0.2) is 18.6 Å². The SMILES string of the molecule is CCN(C)S(=O)(=O)Nc1ccc(F)c(Oc2ccc3ncn([C@@H]4COC5(C4)CN(C4CCC(c6cc7c(cc6F)c(N6CCC(=O)NC6=O)nn7C)CC4)C5)c(=O)c3c2)c1C#N. The molecular weight excluding hydrogens is 827 g/mol. The Morgan fingerprint density at radius 2 is 1.82 bits per heavy atom. The predicted octanol–water partition coefficient (Wildman–Crippen LogP) is 5.02. The lowest BCUT2D eigenvalue weighted by Gasteiger charge is -2.52. The van der Waals surface area contributed by atoms with Crippen molar-refractivity contribution < 1.29 is 36.3 Å². The van der Waals surface area contributed by atoms with Crippen LogP contribution in [-0.2, 0) is 26.8 Å². The predicted molar refractivity (Wildman–Crippen MR) is 223 cm³/mol. The van der Waals surface area contributed by atoms with Crippen molar-refractivity contribution in [1.29, 1.82) is 5.26 Å². The number of amides is 3. The summed E-state index contributed by atoms with van der Waals surface area (Å²) in [5.41, 5.74) is 0.446. The Kier molecular flexibility index (Phi) is 10.5. The number of nitriles is 1. The van der Waals surface area contributed by atoms with Crippen molar-refractivity contribution in [3.05, 3.63) is 81.9 Å². The van der Waals surface area contributed by atoms with Gasteiger partial charge in [-0.2, -0.15) is 23.1 Å². The zero-order valence-corrected chi connectivity index (χ0v) is 35.0. The van der Waals surface area contributed by atoms with Crippen LogP contribution in [0.15, 0.2) is 53.6 Å². The van der Waals surface area contributed by atoms with E-state index >= 15 is 8.78 Å². The van der Waals surface area contributed by atoms with Crippen LogP contribution in [0.3, 0.4) is 0 Å². The number of nitrogens with one attached hydrogen (secondary N) is 2. The van der Waals surface area contributed by atoms with Crippen molar-refractivity contribution in [2.45, 2.75) is 69.1 Å². The van der Waals surface area contributed by atoms with Gasteiger partial charge in [0.15, 0.2) is 17.4 Å². The van der Waals surface area contributed by atoms with Crippen LogP contribution in [-0.4, -0.2) is 100 Å². The van der Waals surface area contributed by atoms with Crippen LogP contribution >= 0.6 is 0 Å². The van der Waals surface area contributed by atoms with Crippen molar-refractivity contribution in [3.8, 4) is 17.6 Å². The van der Waals surface area contributed by atoms with Gasteiger partial charge in [0.25, 0.3) is 5.56 Å². The zero-order chi connectivity index (χ0) is 43.7. The van der Waals surface area contributed by atoms with E-state index in [0.717, 1.165) is 42.1 Å². The van der Waals surface area contributed by atoms with Crippen molar-refractivity contribution in [2.75, 3.05) is 49.5 Å². The van der Waals surface area contributed by atoms with Crippen LogP contribution in [0.5, 0.6) is 11.5 Å². The van der Waals surface area contributed by atoms with Crippen LogP contribution in [0.4, 0.5) is 25.1 Å². The fourth-order valence-corrected chi connectivity index (χ4v) is 10.2. The Hall–Kier alpha value is -6.01. The van der Waals surface area contributed by atoms with Gasteiger partial charge >= 0.3 is 16.2 Å². The number of halogens is 2. The second kappa shape index (κ2) is 15.7. The lowest BCUT2D eigenvalue weighted by atomic mass is 9.78. The van der Waals surface area contributed by atoms with E-state index in [1.165, 1.54) is 36.5 Å². The molecule has 0 radical (unpaired) electrons. The summed E-state index contributed by atoms with van der Waals surface area (Å²) in [6, 6.07) is 11.2. The minimum Gasteiger partial charge on any atom is -0.453 e. The Morgan fingerprint density at radius 1 is 1.05 bits per heavy atom. The molecule has 3 amide bonds. The highest BCUT2D eigenvalue weighted by Crippen LogP contribution is 2.45. The molecule has 20 heteroatoms. The normalized spacial score (nSPS) is 21.7. The van der Waals surface area contributed by atoms with Gasteiger partial charge in [0.05, 0.1) is 46.7 Å². The lowest BCUT2D eigenvalue weighted by molar-refractivity contribution is -0.130. The fraction of sp³-hybridized carbons (Fsp3) is 0.429. The fourth-order valence-electron chi connectivity index (χ4n) is 9.27. The molecule has 2 N–H and O–H groups in total. The smallest absolute Gasteiger partial charge is 0.329 e. The number of carbonyl (C=O) groups is 2. The number of benzene rings is 3. The summed E-state index contributed by atoms with van der Waals surface area (Å²) in [6.45, 7) is 3.70. The highest BCUT2D eigenvalue weighted by Gasteiger charge is 2.52. The summed E-state index contributed by atoms with van der Waals surface area (Å²) < 4.78 is 74.9. The van der Waals surface area contributed by atoms with Crippen LogP contribution in [0.25, 0.3) is 21.8 Å². The number of likely N-dealkylation sites (tertiary alicyclic amines) is 1. The summed E-state index contributed by atoms with van der Waals surface area (Å²) in [5.74, 6) is -1.68. The molecule has 2 aromatic heterocycles. The number of rotatable bonds is 10. The molecule has 3 saturated heterocycles. The molecule has 1 saturated carbocycles. The van der Waals surface area contributed by atoms with Gasteiger partial charge in [-0.05, 0) is 79.6 Å². The van der Waals surface area contributed by atoms with Crippen molar-refractivity contribution >= 4 is 55.5 Å². The number of imide groups is 1. The number of fused-ring (bicyclic) bond motifs is 2. The number of nitrogens with zero attached hydrogens (tertiary/aromatic N) is 8. The van der Waals surface area contributed by atoms with Crippen LogP contribution in [0.2, 0.25) is 0 Å². The highest BCUT2D eigenvalue weighted by molar-refractivity contribution is 7.90. The van der Waals surface area contributed by atoms with E-state index in [-0.39, 0.29) is 71.1 Å². The van der Waals surface area contributed by atoms with Crippen molar-refractivity contribution in [2.24, 2.45) is 7.05 Å². The minimum absolute atomic E-state index is 0.0247. The molecular formula is C42H44F2N10O7S. The van der Waals surface area contributed by atoms with Crippen molar-refractivity contribution in [3.63, 3.8) is 0 Å². The van der Waals surface area contributed by atoms with Gasteiger partial charge in [-0.3, -0.25) is 38.7 Å². The summed E-state index contributed by atoms with van der Waals surface area (Å²) in [4.78, 5) is 46.4. The molecule has 17 nitrogen and oxygen atoms in total. The molecule has 62 heavy (non-hydrogen) atoms. The first-order chi connectivity index (χ1) is 29.7. The molecule has 5 aromatic rings. The van der Waals surface area contributed by atoms with Crippen LogP contribution in [0, 0.1) is 23.0 Å². The van der Waals surface area contributed by atoms with Gasteiger partial charge in [-0.1, -0.05) is 6.92 Å². The Labute approximate surface area is 355 Å². The average Bonchev–Trinajstić information content (AvgIpc) is 3.82. The molecule has 3 aromatic carbocycles. The zero-order valence-electron chi connectivity index (χ0n) is 34.2. The Balaban J connectivity index is 0.843. The molecule has 9 rings (SSSR count). The number of ether oxygens (including phenoxy) is 2. The Morgan fingerprint density at radius 3 is 2.55 bits per heavy atom. The topological polar surface area (TPSA) is 197 Å². The molecule has 4 fully saturated rings. The number of aryl methyl sites for hydroxylation is 1. The Bertz CT molecular complexity index is 2870. The number of anilines is 2. The molecule has 5 heterocycles. The molecule has 1 aliphatic carbocycles. The van der Waals surface area contributed by atoms with E-state index in [2.05, 4.69) is 25.0 Å². The third-order valence-corrected chi connectivity index (χ3v) is 14.3. The lowest BCUT2D eigenvalue weighted by Crippen LogP contribution is -2.64. The van der Waals surface area contributed by atoms with Gasteiger partial charge in [-0.15, -0.1) is 0 Å². The summed E-state index contributed by atoms with van der Waals surface area (Å²) >= 11 is 0. The van der Waals surface area contributed by atoms with Crippen LogP contribution in [0.1, 0.15) is 68.5 Å². The highest BCUT2D eigenvalue weighted by atomic mass is 32.2. The van der Waals surface area contributed by atoms with Crippen LogP contribution < -0.4 is 25.2 Å². The standard InChI is InChI=1S/C42H44F2N10O7S/c1-4-50(2)62(58,59)49-35-12-10-32(43)38(31(35)19-45)61-27-9-11-34-29(15-27)40(56)54(23-46-34)26-18-42(60-20-26)21-52(22-42)25-7-5-24(6-8-25)28-17-36-30(16-33(28)44)39(48-51(36)3)53-14-13-37(55)47-41(53)57/h9-12,15-17,23-26,49H,4-8,13-14,18,20-22H2,1-3H3,(H,47,55,57)/t24?,25?,26-/m0/s1. The van der Waals surface area contributed by atoms with Gasteiger partial charge in [0.2, 0.25) is 5.91 Å². The number of hydrogen-bond acceptors (Lipinski definition) is 11. The van der Waals surface area contributed by atoms with Crippen molar-refractivity contribution in [1.82, 2.24) is 33.9 Å². The molecule has 0 unspecified atom stereocenters. The summed E-state index contributed by atoms with van der Waals surface area (Å²) in [7, 11) is -0.907. The van der Waals surface area contributed by atoms with E-state index in [4.69, 9.17) is 9.47 Å². The summed E-state index contributed by atoms with van der Waals surface area (Å²) in [5, 5.41) is 17.5. The van der Waals surface area contributed by atoms with Gasteiger partial charge in [0.1, 0.15) is 23.2 Å². The number of aromatic nitrogens is 4. The maximum atomic E-state index is 15.8. The first-order valence-electron chi connectivity index (χ1n) is 20.5. The third-order valence-electron chi connectivity index (χ3n) is 12.8. The largest absolute Gasteiger partial charge is 0.453 e. The minimum atomic E-state index is -4.03. The molecule has 1 spiro atoms. The first-order valence-corrected chi connectivity index (χ1v) is 21.9. The number of carbonyl (C=O) groups excluding carboxylic acids is 2. The maximum absolute atomic E-state index is 15.8. The number of hydrogen-bond donors (Lipinski definition) is 2. The second-order valence-electron chi connectivity index (χ2n) is 16.5. The monoisotopic (exact) mass is 870 g/mol. The quantitative estimate of drug-likeness (QED) is 0.191. The second-order valence-corrected chi connectivity index (χ2v) is 18.3. The molecule has 0 bridgehead atoms. The van der Waals surface area contributed by atoms with E-state index < -0.39 is 33.4 Å². The van der Waals surface area contributed by atoms with Gasteiger partial charge < -0.3 is 9.47 Å². The molecule has 1 atom stereocenters. The maximum Gasteiger partial charge on any atom is 0.329 e. The van der Waals surface area contributed by atoms with E-state index in [9.17, 15) is 28.1 Å². The molecule has 3 aliphatic heterocycles. The number of urea groups is 1. The van der Waals surface area contributed by atoms with E-state index in [0.29, 0.717) is 60.0 Å². The van der Waals surface area contributed by atoms with Gasteiger partial charge in [0, 0.05) is 64.5 Å². The average molecular weight is 871 g/mol. The summed E-state index contributed by atoms with van der Waals surface area (Å²) in [6.07, 6.45) is 5.61. The molecule has 324 valence electrons. The third kappa shape index (κ3) is 7.31. The van der Waals surface area contributed by atoms with E-state index in [1.807, 2.05) is 12.1 Å².